The molecule has 2 heterocycles. The molecule has 0 radical (unpaired) electrons. The molecule has 6 nitrogen and oxygen atoms in total. The molecule has 2 aromatic heterocycles. The van der Waals surface area contributed by atoms with E-state index >= 15 is 0 Å². The Morgan fingerprint density at radius 1 is 1.15 bits per heavy atom. The zero-order chi connectivity index (χ0) is 24.2. The number of nitrogens with zero attached hydrogens (tertiary/aromatic N) is 3. The van der Waals surface area contributed by atoms with Gasteiger partial charge in [-0.25, -0.2) is 4.98 Å². The lowest BCUT2D eigenvalue weighted by Crippen LogP contribution is -2.13. The van der Waals surface area contributed by atoms with Gasteiger partial charge in [0.05, 0.1) is 18.5 Å². The first-order chi connectivity index (χ1) is 16.4. The van der Waals surface area contributed by atoms with Crippen molar-refractivity contribution in [1.29, 1.82) is 5.26 Å². The van der Waals surface area contributed by atoms with Crippen LogP contribution in [0.3, 0.4) is 0 Å². The van der Waals surface area contributed by atoms with E-state index in [2.05, 4.69) is 20.9 Å². The van der Waals surface area contributed by atoms with Crippen LogP contribution in [0.25, 0.3) is 23.0 Å². The maximum absolute atomic E-state index is 12.8. The van der Waals surface area contributed by atoms with E-state index in [1.54, 1.807) is 13.2 Å². The number of rotatable bonds is 6. The summed E-state index contributed by atoms with van der Waals surface area (Å²) < 4.78 is 7.62. The Morgan fingerprint density at radius 3 is 2.62 bits per heavy atom. The van der Waals surface area contributed by atoms with Gasteiger partial charge in [0.15, 0.2) is 5.13 Å². The summed E-state index contributed by atoms with van der Waals surface area (Å²) in [6, 6.07) is 19.7. The Bertz CT molecular complexity index is 1420. The highest BCUT2D eigenvalue weighted by Crippen LogP contribution is 2.30. The minimum absolute atomic E-state index is 0.00733. The maximum Gasteiger partial charge on any atom is 0.268 e. The Morgan fingerprint density at radius 2 is 1.91 bits per heavy atom. The second-order valence-electron chi connectivity index (χ2n) is 7.87. The number of aromatic nitrogens is 2. The van der Waals surface area contributed by atoms with E-state index in [-0.39, 0.29) is 5.57 Å². The monoisotopic (exact) mass is 468 g/mol. The predicted molar refractivity (Wildman–Crippen MR) is 136 cm³/mol. The minimum Gasteiger partial charge on any atom is -0.495 e. The average molecular weight is 469 g/mol. The summed E-state index contributed by atoms with van der Waals surface area (Å²) in [7, 11) is 1.64. The van der Waals surface area contributed by atoms with Crippen molar-refractivity contribution >= 4 is 28.5 Å². The van der Waals surface area contributed by atoms with E-state index < -0.39 is 5.91 Å². The molecular formula is C27H24N4O2S. The summed E-state index contributed by atoms with van der Waals surface area (Å²) in [6.45, 7) is 5.97. The lowest BCUT2D eigenvalue weighted by Gasteiger charge is -2.14. The molecule has 0 aliphatic carbocycles. The van der Waals surface area contributed by atoms with E-state index in [0.29, 0.717) is 5.13 Å². The van der Waals surface area contributed by atoms with E-state index in [9.17, 15) is 10.1 Å². The number of ether oxygens (including phenoxy) is 1. The van der Waals surface area contributed by atoms with Gasteiger partial charge in [0.25, 0.3) is 5.91 Å². The molecule has 0 fully saturated rings. The molecule has 1 amide bonds. The highest BCUT2D eigenvalue weighted by atomic mass is 32.1. The minimum atomic E-state index is -0.491. The summed E-state index contributed by atoms with van der Waals surface area (Å²) in [6.07, 6.45) is 1.61. The third kappa shape index (κ3) is 4.63. The summed E-state index contributed by atoms with van der Waals surface area (Å²) in [5.41, 5.74) is 6.44. The van der Waals surface area contributed by atoms with Crippen molar-refractivity contribution in [2.75, 3.05) is 12.4 Å². The van der Waals surface area contributed by atoms with Crippen LogP contribution < -0.4 is 10.1 Å². The van der Waals surface area contributed by atoms with Crippen LogP contribution in [0.5, 0.6) is 5.75 Å². The van der Waals surface area contributed by atoms with Crippen molar-refractivity contribution in [1.82, 2.24) is 9.55 Å². The molecule has 7 heteroatoms. The van der Waals surface area contributed by atoms with E-state index in [1.807, 2.05) is 80.8 Å². The summed E-state index contributed by atoms with van der Waals surface area (Å²) >= 11 is 1.32. The van der Waals surface area contributed by atoms with Crippen LogP contribution >= 0.6 is 11.3 Å². The van der Waals surface area contributed by atoms with Crippen molar-refractivity contribution in [3.8, 4) is 28.8 Å². The van der Waals surface area contributed by atoms with Crippen LogP contribution in [-0.2, 0) is 4.79 Å². The van der Waals surface area contributed by atoms with Gasteiger partial charge in [0, 0.05) is 22.3 Å². The number of carbonyl (C=O) groups is 1. The number of benzene rings is 2. The number of amides is 1. The van der Waals surface area contributed by atoms with Gasteiger partial charge in [-0.05, 0) is 56.2 Å². The molecule has 0 unspecified atom stereocenters. The number of carbonyl (C=O) groups excluding carboxylic acids is 1. The van der Waals surface area contributed by atoms with Crippen molar-refractivity contribution in [2.24, 2.45) is 0 Å². The zero-order valence-corrected chi connectivity index (χ0v) is 20.2. The number of hydrogen-bond acceptors (Lipinski definition) is 5. The van der Waals surface area contributed by atoms with Gasteiger partial charge in [0.1, 0.15) is 17.4 Å². The van der Waals surface area contributed by atoms with Crippen LogP contribution in [-0.4, -0.2) is 22.6 Å². The Kier molecular flexibility index (Phi) is 6.62. The predicted octanol–water partition coefficient (Wildman–Crippen LogP) is 6.08. The molecule has 0 bridgehead atoms. The summed E-state index contributed by atoms with van der Waals surface area (Å²) in [4.78, 5) is 17.3. The van der Waals surface area contributed by atoms with Gasteiger partial charge in [0.2, 0.25) is 0 Å². The quantitative estimate of drug-likeness (QED) is 0.275. The number of anilines is 1. The number of nitriles is 1. The van der Waals surface area contributed by atoms with Crippen LogP contribution in [0.1, 0.15) is 22.5 Å². The van der Waals surface area contributed by atoms with E-state index in [0.717, 1.165) is 45.2 Å². The number of hydrogen-bond donors (Lipinski definition) is 1. The van der Waals surface area contributed by atoms with Crippen LogP contribution in [0.2, 0.25) is 0 Å². The molecule has 0 aliphatic rings. The lowest BCUT2D eigenvalue weighted by molar-refractivity contribution is -0.112. The number of methoxy groups -OCH3 is 1. The van der Waals surface area contributed by atoms with Crippen LogP contribution in [0, 0.1) is 32.1 Å². The fraction of sp³-hybridized carbons (Fsp3) is 0.148. The zero-order valence-electron chi connectivity index (χ0n) is 19.4. The fourth-order valence-electron chi connectivity index (χ4n) is 3.82. The van der Waals surface area contributed by atoms with Gasteiger partial charge in [-0.3, -0.25) is 10.1 Å². The van der Waals surface area contributed by atoms with Crippen LogP contribution in [0.15, 0.2) is 65.6 Å². The first-order valence-electron chi connectivity index (χ1n) is 10.7. The SMILES string of the molecule is COc1ccc(C)cc1-n1c(C)cc(C=C(C#N)C(=O)Nc2nc(-c3ccccc3)cs2)c1C. The van der Waals surface area contributed by atoms with Gasteiger partial charge in [-0.15, -0.1) is 11.3 Å². The van der Waals surface area contributed by atoms with Gasteiger partial charge in [-0.1, -0.05) is 36.4 Å². The Balaban J connectivity index is 1.62. The lowest BCUT2D eigenvalue weighted by atomic mass is 10.1. The highest BCUT2D eigenvalue weighted by Gasteiger charge is 2.17. The molecule has 0 atom stereocenters. The van der Waals surface area contributed by atoms with Crippen molar-refractivity contribution in [3.63, 3.8) is 0 Å². The largest absolute Gasteiger partial charge is 0.495 e. The third-order valence-corrected chi connectivity index (χ3v) is 6.26. The number of thiazole rings is 1. The molecule has 1 N–H and O–H groups in total. The smallest absolute Gasteiger partial charge is 0.268 e. The van der Waals surface area contributed by atoms with Gasteiger partial charge >= 0.3 is 0 Å². The van der Waals surface area contributed by atoms with E-state index in [1.165, 1.54) is 11.3 Å². The molecule has 34 heavy (non-hydrogen) atoms. The van der Waals surface area contributed by atoms with Gasteiger partial charge < -0.3 is 9.30 Å². The molecule has 0 aliphatic heterocycles. The second-order valence-corrected chi connectivity index (χ2v) is 8.72. The topological polar surface area (TPSA) is 79.9 Å². The molecule has 0 saturated heterocycles. The number of nitrogens with one attached hydrogen (secondary N) is 1. The molecule has 0 spiro atoms. The molecule has 4 rings (SSSR count). The third-order valence-electron chi connectivity index (χ3n) is 5.50. The van der Waals surface area contributed by atoms with Crippen molar-refractivity contribution in [3.05, 3.63) is 88.1 Å². The summed E-state index contributed by atoms with van der Waals surface area (Å²) in [5.74, 6) is 0.258. The normalized spacial score (nSPS) is 11.2. The Labute approximate surface area is 202 Å². The maximum atomic E-state index is 12.8. The highest BCUT2D eigenvalue weighted by molar-refractivity contribution is 7.14. The molecule has 170 valence electrons. The van der Waals surface area contributed by atoms with Crippen molar-refractivity contribution in [2.45, 2.75) is 20.8 Å². The second kappa shape index (κ2) is 9.77. The first kappa shape index (κ1) is 23.0. The molecular weight excluding hydrogens is 444 g/mol. The van der Waals surface area contributed by atoms with E-state index in [4.69, 9.17) is 4.74 Å². The number of aryl methyl sites for hydroxylation is 2. The Hall–Kier alpha value is -4.15. The molecule has 2 aromatic carbocycles. The standard InChI is InChI=1S/C27H24N4O2S/c1-17-10-11-25(33-4)24(12-17)31-18(2)13-21(19(31)3)14-22(15-28)26(32)30-27-29-23(16-34-27)20-8-6-5-7-9-20/h5-14,16H,1-4H3,(H,29,30,32). The molecule has 0 saturated carbocycles. The average Bonchev–Trinajstić information content (AvgIpc) is 3.41. The first-order valence-corrected chi connectivity index (χ1v) is 11.6. The van der Waals surface area contributed by atoms with Gasteiger partial charge in [-0.2, -0.15) is 5.26 Å². The fourth-order valence-corrected chi connectivity index (χ4v) is 4.54. The summed E-state index contributed by atoms with van der Waals surface area (Å²) in [5, 5.41) is 14.8. The van der Waals surface area contributed by atoms with Crippen LogP contribution in [0.4, 0.5) is 5.13 Å². The van der Waals surface area contributed by atoms with Crippen molar-refractivity contribution < 1.29 is 9.53 Å². The molecule has 4 aromatic rings.